The summed E-state index contributed by atoms with van der Waals surface area (Å²) in [6.07, 6.45) is 6.61. The molecule has 0 radical (unpaired) electrons. The zero-order chi connectivity index (χ0) is 24.8. The van der Waals surface area contributed by atoms with Crippen LogP contribution in [0.2, 0.25) is 0 Å². The lowest BCUT2D eigenvalue weighted by molar-refractivity contribution is 0.0540. The molecule has 3 aromatic rings. The van der Waals surface area contributed by atoms with Gasteiger partial charge in [-0.05, 0) is 89.0 Å². The molecule has 3 atom stereocenters. The Labute approximate surface area is 210 Å². The summed E-state index contributed by atoms with van der Waals surface area (Å²) >= 11 is 0. The van der Waals surface area contributed by atoms with Gasteiger partial charge in [0.1, 0.15) is 0 Å². The maximum Gasteiger partial charge on any atom is 0.0317 e. The summed E-state index contributed by atoms with van der Waals surface area (Å²) < 4.78 is 0. The van der Waals surface area contributed by atoms with E-state index in [9.17, 15) is 0 Å². The Hall–Kier alpha value is -2.94. The normalized spacial score (nSPS) is 31.2. The van der Waals surface area contributed by atoms with Crippen molar-refractivity contribution in [2.75, 3.05) is 17.2 Å². The first kappa shape index (κ1) is 22.5. The van der Waals surface area contributed by atoms with Crippen LogP contribution >= 0.6 is 0 Å². The van der Waals surface area contributed by atoms with Crippen molar-refractivity contribution in [1.82, 2.24) is 0 Å². The molecule has 0 aromatic heterocycles. The first-order valence-corrected chi connectivity index (χ1v) is 13.5. The van der Waals surface area contributed by atoms with Gasteiger partial charge >= 0.3 is 0 Å². The van der Waals surface area contributed by atoms with Crippen LogP contribution in [0.3, 0.4) is 0 Å². The fourth-order valence-electron chi connectivity index (χ4n) is 9.69. The van der Waals surface area contributed by atoms with Crippen molar-refractivity contribution in [3.8, 4) is 0 Å². The Morgan fingerprint density at radius 2 is 0.771 bits per heavy atom. The number of nitrogen functional groups attached to an aromatic ring is 3. The van der Waals surface area contributed by atoms with Crippen molar-refractivity contribution in [3.63, 3.8) is 0 Å². The van der Waals surface area contributed by atoms with Crippen molar-refractivity contribution >= 4 is 17.1 Å². The van der Waals surface area contributed by atoms with Gasteiger partial charge in [0.05, 0.1) is 0 Å². The van der Waals surface area contributed by atoms with E-state index in [0.717, 1.165) is 55.6 Å². The van der Waals surface area contributed by atoms with E-state index in [0.29, 0.717) is 0 Å². The summed E-state index contributed by atoms with van der Waals surface area (Å²) in [5.41, 5.74) is 30.4. The second-order valence-corrected chi connectivity index (χ2v) is 11.5. The fraction of sp³-hybridized carbons (Fsp3) is 0.438. The largest absolute Gasteiger partial charge is 0.399 e. The van der Waals surface area contributed by atoms with E-state index < -0.39 is 0 Å². The minimum Gasteiger partial charge on any atom is -0.399 e. The summed E-state index contributed by atoms with van der Waals surface area (Å²) in [6.45, 7) is 9.62. The van der Waals surface area contributed by atoms with Crippen molar-refractivity contribution in [1.29, 1.82) is 0 Å². The standard InChI is InChI=1S/C32H39N3/c1-5-14-30-23-11-8-21(34)18-27(23)32(16-7-3)25-13-10-22(35)19-28(25)31(15-6-2,29(30,32)4)24-12-9-20(33)17-26(24)30/h8-13,17-19H,5-7,14-16,33-35H2,1-4H3/t29?,30-,31-,32-/m0/s1. The van der Waals surface area contributed by atoms with Crippen molar-refractivity contribution in [2.24, 2.45) is 5.41 Å². The number of nitrogens with two attached hydrogens (primary N) is 3. The molecule has 6 rings (SSSR count). The number of fused-ring (bicyclic) bond motifs is 9. The van der Waals surface area contributed by atoms with Gasteiger partial charge in [-0.25, -0.2) is 0 Å². The third-order valence-electron chi connectivity index (χ3n) is 10.3. The maximum absolute atomic E-state index is 6.54. The van der Waals surface area contributed by atoms with Gasteiger partial charge in [-0.3, -0.25) is 0 Å². The van der Waals surface area contributed by atoms with Gasteiger partial charge in [0.25, 0.3) is 0 Å². The van der Waals surface area contributed by atoms with Crippen LogP contribution in [0.25, 0.3) is 0 Å². The number of benzene rings is 3. The third kappa shape index (κ3) is 2.13. The van der Waals surface area contributed by atoms with Crippen LogP contribution < -0.4 is 17.2 Å². The predicted molar refractivity (Wildman–Crippen MR) is 148 cm³/mol. The first-order chi connectivity index (χ1) is 16.8. The lowest BCUT2D eigenvalue weighted by Gasteiger charge is -2.53. The Kier molecular flexibility index (Phi) is 4.54. The Balaban J connectivity index is 1.92. The average molecular weight is 466 g/mol. The molecule has 3 aliphatic carbocycles. The van der Waals surface area contributed by atoms with Gasteiger partial charge < -0.3 is 17.2 Å². The van der Waals surface area contributed by atoms with Crippen LogP contribution in [0.5, 0.6) is 0 Å². The van der Waals surface area contributed by atoms with Crippen LogP contribution in [0, 0.1) is 5.41 Å². The predicted octanol–water partition coefficient (Wildman–Crippen LogP) is 7.04. The van der Waals surface area contributed by atoms with Crippen LogP contribution in [0.1, 0.15) is 99.6 Å². The summed E-state index contributed by atoms with van der Waals surface area (Å²) in [4.78, 5) is 0. The van der Waals surface area contributed by atoms with Gasteiger partial charge in [0.15, 0.2) is 0 Å². The molecular weight excluding hydrogens is 426 g/mol. The zero-order valence-electron chi connectivity index (χ0n) is 21.7. The first-order valence-electron chi connectivity index (χ1n) is 13.5. The van der Waals surface area contributed by atoms with E-state index in [4.69, 9.17) is 17.2 Å². The van der Waals surface area contributed by atoms with Crippen LogP contribution in [-0.4, -0.2) is 0 Å². The number of rotatable bonds is 6. The highest BCUT2D eigenvalue weighted by atomic mass is 14.8. The number of hydrogen-bond donors (Lipinski definition) is 3. The van der Waals surface area contributed by atoms with E-state index in [1.54, 1.807) is 0 Å². The molecule has 0 fully saturated rings. The highest BCUT2D eigenvalue weighted by Gasteiger charge is 2.82. The summed E-state index contributed by atoms with van der Waals surface area (Å²) in [6, 6.07) is 20.3. The van der Waals surface area contributed by atoms with Gasteiger partial charge in [0, 0.05) is 38.7 Å². The highest BCUT2D eigenvalue weighted by Crippen LogP contribution is 2.85. The monoisotopic (exact) mass is 465 g/mol. The Bertz CT molecular complexity index is 1190. The Morgan fingerprint density at radius 3 is 1.03 bits per heavy atom. The minimum absolute atomic E-state index is 0.0859. The quantitative estimate of drug-likeness (QED) is 0.342. The van der Waals surface area contributed by atoms with E-state index in [1.165, 1.54) is 33.4 Å². The summed E-state index contributed by atoms with van der Waals surface area (Å²) in [7, 11) is 0. The van der Waals surface area contributed by atoms with Crippen molar-refractivity contribution < 1.29 is 0 Å². The molecule has 0 amide bonds. The van der Waals surface area contributed by atoms with Crippen LogP contribution in [0.4, 0.5) is 17.1 Å². The summed E-state index contributed by atoms with van der Waals surface area (Å²) in [5.74, 6) is 0. The average Bonchev–Trinajstić information content (AvgIpc) is 3.22. The van der Waals surface area contributed by atoms with Crippen molar-refractivity contribution in [3.05, 3.63) is 88.0 Å². The van der Waals surface area contributed by atoms with Gasteiger partial charge in [-0.2, -0.15) is 0 Å². The number of hydrogen-bond acceptors (Lipinski definition) is 3. The molecule has 0 unspecified atom stereocenters. The molecule has 0 spiro atoms. The zero-order valence-corrected chi connectivity index (χ0v) is 21.7. The van der Waals surface area contributed by atoms with Crippen LogP contribution in [0.15, 0.2) is 54.6 Å². The van der Waals surface area contributed by atoms with Gasteiger partial charge in [0.2, 0.25) is 0 Å². The van der Waals surface area contributed by atoms with Gasteiger partial charge in [-0.15, -0.1) is 0 Å². The van der Waals surface area contributed by atoms with Crippen molar-refractivity contribution in [2.45, 2.75) is 82.5 Å². The van der Waals surface area contributed by atoms with E-state index in [1.807, 2.05) is 0 Å². The smallest absolute Gasteiger partial charge is 0.0317 e. The molecule has 3 heteroatoms. The highest BCUT2D eigenvalue weighted by molar-refractivity contribution is 5.80. The molecule has 0 aliphatic heterocycles. The lowest BCUT2D eigenvalue weighted by Crippen LogP contribution is -2.54. The molecule has 182 valence electrons. The van der Waals surface area contributed by atoms with E-state index in [-0.39, 0.29) is 21.7 Å². The SMILES string of the molecule is CCC[C@]12c3ccc(N)cc3[C@]3(CCC)c4ccc(N)cc4[C@](CCC)(c4ccc(N)cc41)C23C. The third-order valence-corrected chi connectivity index (χ3v) is 10.3. The molecule has 0 saturated carbocycles. The second kappa shape index (κ2) is 7.06. The minimum atomic E-state index is -0.131. The molecule has 0 bridgehead atoms. The van der Waals surface area contributed by atoms with E-state index >= 15 is 0 Å². The lowest BCUT2D eigenvalue weighted by atomic mass is 9.48. The fourth-order valence-corrected chi connectivity index (χ4v) is 9.69. The molecule has 3 aromatic carbocycles. The molecular formula is C32H39N3. The molecule has 3 aliphatic rings. The molecule has 0 saturated heterocycles. The Morgan fingerprint density at radius 1 is 0.486 bits per heavy atom. The molecule has 35 heavy (non-hydrogen) atoms. The topological polar surface area (TPSA) is 78.1 Å². The van der Waals surface area contributed by atoms with Crippen LogP contribution in [-0.2, 0) is 16.2 Å². The maximum atomic E-state index is 6.54. The van der Waals surface area contributed by atoms with E-state index in [2.05, 4.69) is 82.3 Å². The summed E-state index contributed by atoms with van der Waals surface area (Å²) in [5, 5.41) is 0. The number of anilines is 3. The molecule has 3 nitrogen and oxygen atoms in total. The van der Waals surface area contributed by atoms with Gasteiger partial charge in [-0.1, -0.05) is 65.2 Å². The molecule has 0 heterocycles. The molecule has 6 N–H and O–H groups in total. The second-order valence-electron chi connectivity index (χ2n) is 11.5.